The van der Waals surface area contributed by atoms with E-state index in [9.17, 15) is 4.79 Å². The van der Waals surface area contributed by atoms with Crippen LogP contribution in [0.5, 0.6) is 5.75 Å². The second-order valence-electron chi connectivity index (χ2n) is 7.06. The molecule has 0 radical (unpaired) electrons. The van der Waals surface area contributed by atoms with Crippen molar-refractivity contribution in [3.8, 4) is 5.75 Å². The summed E-state index contributed by atoms with van der Waals surface area (Å²) in [5, 5.41) is 0. The normalized spacial score (nSPS) is 16.9. The maximum atomic E-state index is 12.9. The van der Waals surface area contributed by atoms with Crippen LogP contribution in [0.1, 0.15) is 45.6 Å². The summed E-state index contributed by atoms with van der Waals surface area (Å²) in [5.41, 5.74) is 1.17. The van der Waals surface area contributed by atoms with Crippen LogP contribution in [-0.2, 0) is 16.0 Å². The van der Waals surface area contributed by atoms with Gasteiger partial charge in [0, 0.05) is 31.7 Å². The molecule has 1 amide bonds. The molecule has 0 aromatic heterocycles. The SMILES string of the molecule is COc1ccccc1C[C@@H](C)CC(=O)N(C(C)C)C1CCOCC1. The Kier molecular flexibility index (Phi) is 7.10. The number of carbonyl (C=O) groups is 1. The van der Waals surface area contributed by atoms with Crippen LogP contribution in [0.3, 0.4) is 0 Å². The molecule has 4 nitrogen and oxygen atoms in total. The number of benzene rings is 1. The van der Waals surface area contributed by atoms with Gasteiger partial charge in [-0.3, -0.25) is 4.79 Å². The third kappa shape index (κ3) is 4.97. The van der Waals surface area contributed by atoms with Crippen molar-refractivity contribution in [2.45, 2.75) is 58.5 Å². The van der Waals surface area contributed by atoms with E-state index in [1.165, 1.54) is 5.56 Å². The van der Waals surface area contributed by atoms with Crippen LogP contribution < -0.4 is 4.74 Å². The van der Waals surface area contributed by atoms with E-state index in [0.717, 1.165) is 38.2 Å². The van der Waals surface area contributed by atoms with Crippen molar-refractivity contribution < 1.29 is 14.3 Å². The molecule has 0 bridgehead atoms. The highest BCUT2D eigenvalue weighted by Crippen LogP contribution is 2.24. The molecule has 24 heavy (non-hydrogen) atoms. The van der Waals surface area contributed by atoms with Gasteiger partial charge in [0.15, 0.2) is 0 Å². The van der Waals surface area contributed by atoms with Crippen molar-refractivity contribution in [2.24, 2.45) is 5.92 Å². The molecule has 1 aromatic carbocycles. The first kappa shape index (κ1) is 18.8. The summed E-state index contributed by atoms with van der Waals surface area (Å²) in [7, 11) is 1.69. The molecule has 0 spiro atoms. The lowest BCUT2D eigenvalue weighted by molar-refractivity contribution is -0.138. The minimum absolute atomic E-state index is 0.235. The van der Waals surface area contributed by atoms with Crippen LogP contribution in [-0.4, -0.2) is 43.2 Å². The van der Waals surface area contributed by atoms with Crippen LogP contribution in [0.4, 0.5) is 0 Å². The van der Waals surface area contributed by atoms with Gasteiger partial charge in [-0.25, -0.2) is 0 Å². The summed E-state index contributed by atoms with van der Waals surface area (Å²) >= 11 is 0. The average molecular weight is 333 g/mol. The van der Waals surface area contributed by atoms with Crippen molar-refractivity contribution in [2.75, 3.05) is 20.3 Å². The van der Waals surface area contributed by atoms with E-state index in [1.54, 1.807) is 7.11 Å². The van der Waals surface area contributed by atoms with Crippen molar-refractivity contribution in [1.29, 1.82) is 0 Å². The fourth-order valence-electron chi connectivity index (χ4n) is 3.60. The zero-order valence-electron chi connectivity index (χ0n) is 15.5. The van der Waals surface area contributed by atoms with Crippen molar-refractivity contribution in [1.82, 2.24) is 4.90 Å². The van der Waals surface area contributed by atoms with Gasteiger partial charge in [0.2, 0.25) is 5.91 Å². The van der Waals surface area contributed by atoms with E-state index in [-0.39, 0.29) is 17.9 Å². The Morgan fingerprint density at radius 3 is 2.54 bits per heavy atom. The summed E-state index contributed by atoms with van der Waals surface area (Å²) < 4.78 is 10.9. The van der Waals surface area contributed by atoms with Gasteiger partial charge in [0.1, 0.15) is 5.75 Å². The lowest BCUT2D eigenvalue weighted by Crippen LogP contribution is -2.47. The van der Waals surface area contributed by atoms with Gasteiger partial charge < -0.3 is 14.4 Å². The number of ether oxygens (including phenoxy) is 2. The maximum Gasteiger partial charge on any atom is 0.223 e. The van der Waals surface area contributed by atoms with E-state index < -0.39 is 0 Å². The standard InChI is InChI=1S/C20H31NO3/c1-15(2)21(18-9-11-24-12-10-18)20(22)14-16(3)13-17-7-5-6-8-19(17)23-4/h5-8,15-16,18H,9-14H2,1-4H3/t16-/m1/s1. The molecule has 1 fully saturated rings. The summed E-state index contributed by atoms with van der Waals surface area (Å²) in [5.74, 6) is 1.45. The van der Waals surface area contributed by atoms with E-state index in [4.69, 9.17) is 9.47 Å². The Morgan fingerprint density at radius 2 is 1.92 bits per heavy atom. The van der Waals surface area contributed by atoms with Crippen molar-refractivity contribution in [3.05, 3.63) is 29.8 Å². The van der Waals surface area contributed by atoms with E-state index in [0.29, 0.717) is 12.5 Å². The van der Waals surface area contributed by atoms with Gasteiger partial charge in [-0.1, -0.05) is 25.1 Å². The van der Waals surface area contributed by atoms with Gasteiger partial charge in [-0.2, -0.15) is 0 Å². The van der Waals surface area contributed by atoms with E-state index in [1.807, 2.05) is 18.2 Å². The molecule has 0 saturated carbocycles. The molecular formula is C20H31NO3. The van der Waals surface area contributed by atoms with E-state index in [2.05, 4.69) is 31.7 Å². The first-order valence-corrected chi connectivity index (χ1v) is 9.03. The second kappa shape index (κ2) is 9.07. The molecule has 2 rings (SSSR count). The fourth-order valence-corrected chi connectivity index (χ4v) is 3.60. The molecule has 1 aromatic rings. The Balaban J connectivity index is 1.98. The molecule has 0 N–H and O–H groups in total. The van der Waals surface area contributed by atoms with Gasteiger partial charge in [0.25, 0.3) is 0 Å². The molecule has 1 aliphatic heterocycles. The number of amides is 1. The lowest BCUT2D eigenvalue weighted by atomic mass is 9.95. The Bertz CT molecular complexity index is 523. The predicted octanol–water partition coefficient (Wildman–Crippen LogP) is 3.68. The zero-order chi connectivity index (χ0) is 17.5. The lowest BCUT2D eigenvalue weighted by Gasteiger charge is -2.38. The first-order valence-electron chi connectivity index (χ1n) is 9.03. The quantitative estimate of drug-likeness (QED) is 0.764. The van der Waals surface area contributed by atoms with E-state index >= 15 is 0 Å². The number of hydrogen-bond donors (Lipinski definition) is 0. The molecule has 1 aliphatic rings. The Labute approximate surface area is 146 Å². The average Bonchev–Trinajstić information content (AvgIpc) is 2.56. The van der Waals surface area contributed by atoms with Gasteiger partial charge in [-0.15, -0.1) is 0 Å². The fraction of sp³-hybridized carbons (Fsp3) is 0.650. The third-order valence-corrected chi connectivity index (χ3v) is 4.71. The minimum Gasteiger partial charge on any atom is -0.496 e. The molecule has 0 unspecified atom stereocenters. The maximum absolute atomic E-state index is 12.9. The van der Waals surface area contributed by atoms with Crippen LogP contribution in [0.2, 0.25) is 0 Å². The van der Waals surface area contributed by atoms with Crippen LogP contribution in [0, 0.1) is 5.92 Å². The largest absolute Gasteiger partial charge is 0.496 e. The van der Waals surface area contributed by atoms with Crippen LogP contribution in [0.25, 0.3) is 0 Å². The van der Waals surface area contributed by atoms with Crippen LogP contribution >= 0.6 is 0 Å². The molecule has 1 saturated heterocycles. The number of carbonyl (C=O) groups excluding carboxylic acids is 1. The zero-order valence-corrected chi connectivity index (χ0v) is 15.5. The summed E-state index contributed by atoms with van der Waals surface area (Å²) in [4.78, 5) is 15.0. The van der Waals surface area contributed by atoms with Crippen molar-refractivity contribution >= 4 is 5.91 Å². The highest BCUT2D eigenvalue weighted by atomic mass is 16.5. The highest BCUT2D eigenvalue weighted by Gasteiger charge is 2.28. The Morgan fingerprint density at radius 1 is 1.25 bits per heavy atom. The molecular weight excluding hydrogens is 302 g/mol. The minimum atomic E-state index is 0.235. The van der Waals surface area contributed by atoms with Gasteiger partial charge in [0.05, 0.1) is 7.11 Å². The number of rotatable bonds is 7. The van der Waals surface area contributed by atoms with Crippen molar-refractivity contribution in [3.63, 3.8) is 0 Å². The van der Waals surface area contributed by atoms with Crippen LogP contribution in [0.15, 0.2) is 24.3 Å². The number of methoxy groups -OCH3 is 1. The summed E-state index contributed by atoms with van der Waals surface area (Å²) in [6, 6.07) is 8.62. The molecule has 0 aliphatic carbocycles. The van der Waals surface area contributed by atoms with Gasteiger partial charge >= 0.3 is 0 Å². The molecule has 1 atom stereocenters. The molecule has 4 heteroatoms. The van der Waals surface area contributed by atoms with Gasteiger partial charge in [-0.05, 0) is 50.7 Å². The third-order valence-electron chi connectivity index (χ3n) is 4.71. The number of para-hydroxylation sites is 1. The predicted molar refractivity (Wildman–Crippen MR) is 96.3 cm³/mol. The summed E-state index contributed by atoms with van der Waals surface area (Å²) in [6.07, 6.45) is 3.33. The first-order chi connectivity index (χ1) is 11.5. The topological polar surface area (TPSA) is 38.8 Å². The summed E-state index contributed by atoms with van der Waals surface area (Å²) in [6.45, 7) is 7.89. The second-order valence-corrected chi connectivity index (χ2v) is 7.06. The molecule has 134 valence electrons. The highest BCUT2D eigenvalue weighted by molar-refractivity contribution is 5.77. The number of nitrogens with zero attached hydrogens (tertiary/aromatic N) is 1. The monoisotopic (exact) mass is 333 g/mol. The Hall–Kier alpha value is -1.55. The smallest absolute Gasteiger partial charge is 0.223 e. The number of hydrogen-bond acceptors (Lipinski definition) is 3. The molecule has 1 heterocycles.